The minimum atomic E-state index is -5.14. The van der Waals surface area contributed by atoms with Crippen LogP contribution in [0, 0.1) is 0 Å². The van der Waals surface area contributed by atoms with Crippen LogP contribution in [0.15, 0.2) is 0 Å². The molecular weight excluding hydrogens is 225 g/mol. The van der Waals surface area contributed by atoms with E-state index < -0.39 is 7.82 Å². The molecule has 0 aromatic carbocycles. The first-order valence-corrected chi connectivity index (χ1v) is 2.24. The summed E-state index contributed by atoms with van der Waals surface area (Å²) in [5, 5.41) is 0. The van der Waals surface area contributed by atoms with Crippen LogP contribution >= 0.6 is 7.82 Å². The molecular formula is H5CaClNaO6P. The van der Waals surface area contributed by atoms with E-state index in [4.69, 9.17) is 19.2 Å². The molecule has 0 rings (SSSR count). The Hall–Kier alpha value is 2.58. The molecule has 0 aromatic heterocycles. The summed E-state index contributed by atoms with van der Waals surface area (Å²) < 4.78 is 8.66. The SMILES string of the molecule is O.O.O=P([O-])([O-])O.[Ca+2].[Cl-].[Na+]. The van der Waals surface area contributed by atoms with Crippen LogP contribution < -0.4 is 51.8 Å². The monoisotopic (exact) mass is 230 g/mol. The molecule has 0 aliphatic carbocycles. The maximum absolute atomic E-state index is 8.66. The van der Waals surface area contributed by atoms with Gasteiger partial charge in [-0.25, -0.2) is 0 Å². The Morgan fingerprint density at radius 1 is 1.20 bits per heavy atom. The molecule has 0 fully saturated rings. The third-order valence-corrected chi connectivity index (χ3v) is 0. The van der Waals surface area contributed by atoms with Crippen molar-refractivity contribution in [2.24, 2.45) is 0 Å². The van der Waals surface area contributed by atoms with Gasteiger partial charge in [0.25, 0.3) is 0 Å². The van der Waals surface area contributed by atoms with E-state index in [9.17, 15) is 0 Å². The number of phosphoric acid groups is 1. The summed E-state index contributed by atoms with van der Waals surface area (Å²) in [5.74, 6) is 0. The summed E-state index contributed by atoms with van der Waals surface area (Å²) in [6, 6.07) is 0. The molecule has 0 radical (unpaired) electrons. The van der Waals surface area contributed by atoms with Crippen LogP contribution in [0.2, 0.25) is 0 Å². The average molecular weight is 231 g/mol. The Morgan fingerprint density at radius 3 is 1.20 bits per heavy atom. The second-order valence-electron chi connectivity index (χ2n) is 0.469. The van der Waals surface area contributed by atoms with Crippen LogP contribution in [0.1, 0.15) is 0 Å². The second kappa shape index (κ2) is 17.6. The minimum absolute atomic E-state index is 0. The Kier molecular flexibility index (Phi) is 68.6. The summed E-state index contributed by atoms with van der Waals surface area (Å²) in [6.45, 7) is 0. The van der Waals surface area contributed by atoms with Crippen molar-refractivity contribution < 1.29 is 72.2 Å². The molecule has 0 amide bonds. The van der Waals surface area contributed by atoms with E-state index in [-0.39, 0.29) is 90.7 Å². The van der Waals surface area contributed by atoms with Crippen LogP contribution in [0.3, 0.4) is 0 Å². The van der Waals surface area contributed by atoms with E-state index in [0.29, 0.717) is 0 Å². The van der Waals surface area contributed by atoms with Crippen molar-refractivity contribution in [3.8, 4) is 0 Å². The molecule has 0 aliphatic heterocycles. The fourth-order valence-electron chi connectivity index (χ4n) is 0. The minimum Gasteiger partial charge on any atom is -1.00 e. The van der Waals surface area contributed by atoms with Gasteiger partial charge in [-0.2, -0.15) is 0 Å². The number of rotatable bonds is 0. The molecule has 10 heteroatoms. The van der Waals surface area contributed by atoms with E-state index in [2.05, 4.69) is 0 Å². The summed E-state index contributed by atoms with van der Waals surface area (Å²) in [6.07, 6.45) is 0. The van der Waals surface area contributed by atoms with Crippen molar-refractivity contribution in [1.82, 2.24) is 0 Å². The van der Waals surface area contributed by atoms with E-state index in [1.807, 2.05) is 0 Å². The van der Waals surface area contributed by atoms with Crippen molar-refractivity contribution in [3.63, 3.8) is 0 Å². The predicted octanol–water partition coefficient (Wildman–Crippen LogP) is -10.2. The maximum atomic E-state index is 8.66. The molecule has 0 atom stereocenters. The van der Waals surface area contributed by atoms with Crippen LogP contribution in [-0.4, -0.2) is 53.6 Å². The Labute approximate surface area is 116 Å². The fourth-order valence-corrected chi connectivity index (χ4v) is 0. The molecule has 0 aliphatic rings. The quantitative estimate of drug-likeness (QED) is 0.325. The summed E-state index contributed by atoms with van der Waals surface area (Å²) in [4.78, 5) is 24.3. The Morgan fingerprint density at radius 2 is 1.20 bits per heavy atom. The van der Waals surface area contributed by atoms with Gasteiger partial charge in [0.2, 0.25) is 0 Å². The molecule has 56 valence electrons. The first-order chi connectivity index (χ1) is 2.00. The molecule has 0 saturated carbocycles. The van der Waals surface area contributed by atoms with Gasteiger partial charge in [-0.05, 0) is 0 Å². The molecule has 5 N–H and O–H groups in total. The van der Waals surface area contributed by atoms with Crippen LogP contribution in [-0.2, 0) is 4.57 Å². The molecule has 10 heavy (non-hydrogen) atoms. The topological polar surface area (TPSA) is 146 Å². The van der Waals surface area contributed by atoms with Crippen molar-refractivity contribution in [2.45, 2.75) is 0 Å². The molecule has 0 heterocycles. The fraction of sp³-hybridized carbons (Fsp3) is 0. The molecule has 0 saturated heterocycles. The average Bonchev–Trinajstić information content (AvgIpc) is 0.722. The maximum Gasteiger partial charge on any atom is 2.00 e. The van der Waals surface area contributed by atoms with Gasteiger partial charge in [0, 0.05) is 0 Å². The van der Waals surface area contributed by atoms with Gasteiger partial charge in [-0.1, -0.05) is 0 Å². The van der Waals surface area contributed by atoms with E-state index >= 15 is 0 Å². The number of halogens is 1. The zero-order valence-corrected chi connectivity index (χ0v) is 11.1. The summed E-state index contributed by atoms with van der Waals surface area (Å²) in [7, 11) is -5.14. The first-order valence-electron chi connectivity index (χ1n) is 0.748. The van der Waals surface area contributed by atoms with Gasteiger partial charge in [-0.15, -0.1) is 0 Å². The van der Waals surface area contributed by atoms with Gasteiger partial charge >= 0.3 is 67.3 Å². The Balaban J connectivity index is -0.00000000800. The van der Waals surface area contributed by atoms with Gasteiger partial charge in [0.05, 0.1) is 7.82 Å². The predicted molar refractivity (Wildman–Crippen MR) is 22.8 cm³/mol. The number of hydrogen-bond acceptors (Lipinski definition) is 3. The van der Waals surface area contributed by atoms with Crippen molar-refractivity contribution in [2.75, 3.05) is 0 Å². The van der Waals surface area contributed by atoms with Gasteiger partial charge < -0.3 is 42.6 Å². The van der Waals surface area contributed by atoms with Gasteiger partial charge in [0.15, 0.2) is 0 Å². The van der Waals surface area contributed by atoms with E-state index in [1.54, 1.807) is 0 Å². The summed E-state index contributed by atoms with van der Waals surface area (Å²) >= 11 is 0. The van der Waals surface area contributed by atoms with Crippen molar-refractivity contribution in [1.29, 1.82) is 0 Å². The van der Waals surface area contributed by atoms with Gasteiger partial charge in [-0.3, -0.25) is 0 Å². The zero-order valence-electron chi connectivity index (χ0n) is 5.20. The van der Waals surface area contributed by atoms with Crippen molar-refractivity contribution >= 4 is 45.6 Å². The van der Waals surface area contributed by atoms with Crippen molar-refractivity contribution in [3.05, 3.63) is 0 Å². The van der Waals surface area contributed by atoms with Crippen LogP contribution in [0.25, 0.3) is 0 Å². The molecule has 0 unspecified atom stereocenters. The third-order valence-electron chi connectivity index (χ3n) is 0. The molecule has 0 aromatic rings. The number of hydrogen-bond donors (Lipinski definition) is 1. The normalized spacial score (nSPS) is 5.90. The van der Waals surface area contributed by atoms with Gasteiger partial charge in [0.1, 0.15) is 0 Å². The molecule has 6 nitrogen and oxygen atoms in total. The van der Waals surface area contributed by atoms with Crippen LogP contribution in [0.5, 0.6) is 0 Å². The van der Waals surface area contributed by atoms with Crippen LogP contribution in [0.4, 0.5) is 0 Å². The second-order valence-corrected chi connectivity index (χ2v) is 1.41. The Bertz CT molecular complexity index is 63.9. The van der Waals surface area contributed by atoms with E-state index in [0.717, 1.165) is 0 Å². The van der Waals surface area contributed by atoms with E-state index in [1.165, 1.54) is 0 Å². The molecule has 0 spiro atoms. The smallest absolute Gasteiger partial charge is 1.00 e. The molecule has 0 bridgehead atoms. The largest absolute Gasteiger partial charge is 2.00 e. The summed E-state index contributed by atoms with van der Waals surface area (Å²) in [5.41, 5.74) is 0. The standard InChI is InChI=1S/Ca.ClH.Na.H3O4P.2H2O/c;;;1-5(2,3)4;;/h;1H;;(H3,1,2,3,4);2*1H2/q+2;;+1;;;/p-3. The third kappa shape index (κ3) is 146. The zero-order chi connectivity index (χ0) is 4.50. The first kappa shape index (κ1) is 39.0.